The third-order valence-electron chi connectivity index (χ3n) is 2.51. The number of rotatable bonds is 8. The highest BCUT2D eigenvalue weighted by Gasteiger charge is 1.97. The lowest BCUT2D eigenvalue weighted by atomic mass is 10.0. The average Bonchev–Trinajstić information content (AvgIpc) is 2.33. The van der Waals surface area contributed by atoms with Crippen molar-refractivity contribution in [1.82, 2.24) is 0 Å². The molecule has 0 aromatic rings. The van der Waals surface area contributed by atoms with Crippen molar-refractivity contribution in [3.63, 3.8) is 0 Å². The Hall–Kier alpha value is -1.37. The quantitative estimate of drug-likeness (QED) is 0.339. The zero-order chi connectivity index (χ0) is 12.9. The molecule has 17 heavy (non-hydrogen) atoms. The van der Waals surface area contributed by atoms with Gasteiger partial charge in [0.15, 0.2) is 0 Å². The molecule has 0 heterocycles. The van der Waals surface area contributed by atoms with Crippen LogP contribution in [-0.2, 0) is 4.79 Å². The molecule has 0 saturated heterocycles. The molecular formula is C16H24O. The van der Waals surface area contributed by atoms with E-state index in [1.54, 1.807) is 0 Å². The minimum atomic E-state index is 0.664. The Balaban J connectivity index is 3.72. The molecule has 0 bridgehead atoms. The summed E-state index contributed by atoms with van der Waals surface area (Å²) in [6.45, 7) is 6.10. The molecule has 94 valence electrons. The van der Waals surface area contributed by atoms with Gasteiger partial charge in [0, 0.05) is 0 Å². The molecule has 0 fully saturated rings. The molecule has 0 spiro atoms. The van der Waals surface area contributed by atoms with Crippen molar-refractivity contribution in [3.05, 3.63) is 48.1 Å². The molecule has 0 aromatic carbocycles. The molecule has 0 N–H and O–H groups in total. The van der Waals surface area contributed by atoms with Gasteiger partial charge in [-0.05, 0) is 44.6 Å². The molecule has 0 aliphatic carbocycles. The van der Waals surface area contributed by atoms with Gasteiger partial charge in [0.1, 0.15) is 6.29 Å². The van der Waals surface area contributed by atoms with Gasteiger partial charge >= 0.3 is 0 Å². The molecule has 1 nitrogen and oxygen atoms in total. The first kappa shape index (κ1) is 15.6. The van der Waals surface area contributed by atoms with Crippen LogP contribution < -0.4 is 0 Å². The highest BCUT2D eigenvalue weighted by Crippen LogP contribution is 2.12. The molecule has 0 saturated carbocycles. The van der Waals surface area contributed by atoms with Crippen molar-refractivity contribution in [2.24, 2.45) is 5.92 Å². The Morgan fingerprint density at radius 2 is 1.88 bits per heavy atom. The summed E-state index contributed by atoms with van der Waals surface area (Å²) < 4.78 is 0. The molecule has 0 rings (SSSR count). The van der Waals surface area contributed by atoms with E-state index in [0.29, 0.717) is 5.92 Å². The van der Waals surface area contributed by atoms with Crippen LogP contribution >= 0.6 is 0 Å². The second-order valence-electron chi connectivity index (χ2n) is 4.32. The summed E-state index contributed by atoms with van der Waals surface area (Å²) >= 11 is 0. The Labute approximate surface area is 106 Å². The number of hydrogen-bond donors (Lipinski definition) is 0. The number of allylic oxidation sites excluding steroid dienone is 8. The van der Waals surface area contributed by atoms with E-state index >= 15 is 0 Å². The minimum Gasteiger partial charge on any atom is -0.298 e. The van der Waals surface area contributed by atoms with Crippen LogP contribution in [0.5, 0.6) is 0 Å². The zero-order valence-corrected chi connectivity index (χ0v) is 11.2. The largest absolute Gasteiger partial charge is 0.298 e. The third-order valence-corrected chi connectivity index (χ3v) is 2.51. The molecule has 0 aromatic heterocycles. The van der Waals surface area contributed by atoms with E-state index in [1.165, 1.54) is 0 Å². The predicted molar refractivity (Wildman–Crippen MR) is 75.9 cm³/mol. The molecule has 0 unspecified atom stereocenters. The van der Waals surface area contributed by atoms with Crippen LogP contribution in [0.2, 0.25) is 0 Å². The summed E-state index contributed by atoms with van der Waals surface area (Å²) in [4.78, 5) is 10.4. The van der Waals surface area contributed by atoms with Gasteiger partial charge in [-0.15, -0.1) is 0 Å². The number of carbonyl (C=O) groups is 1. The third kappa shape index (κ3) is 10.9. The first-order valence-electron chi connectivity index (χ1n) is 6.27. The molecule has 0 amide bonds. The summed E-state index contributed by atoms with van der Waals surface area (Å²) in [5.74, 6) is 0.664. The Kier molecular flexibility index (Phi) is 10.2. The predicted octanol–water partition coefficient (Wildman–Crippen LogP) is 4.63. The SMILES string of the molecule is C/C=C/C=C/C=C/C[C@@H](C)CC/C=C(\C)C=O. The minimum absolute atomic E-state index is 0.664. The molecule has 0 aliphatic rings. The highest BCUT2D eigenvalue weighted by atomic mass is 16.1. The summed E-state index contributed by atoms with van der Waals surface area (Å²) in [6, 6.07) is 0. The normalized spacial score (nSPS) is 15.1. The van der Waals surface area contributed by atoms with Crippen LogP contribution in [-0.4, -0.2) is 6.29 Å². The lowest BCUT2D eigenvalue weighted by molar-refractivity contribution is -0.104. The van der Waals surface area contributed by atoms with Crippen molar-refractivity contribution >= 4 is 6.29 Å². The van der Waals surface area contributed by atoms with Crippen molar-refractivity contribution in [3.8, 4) is 0 Å². The fourth-order valence-corrected chi connectivity index (χ4v) is 1.39. The second kappa shape index (κ2) is 11.1. The van der Waals surface area contributed by atoms with Crippen LogP contribution in [0.15, 0.2) is 48.1 Å². The zero-order valence-electron chi connectivity index (χ0n) is 11.2. The van der Waals surface area contributed by atoms with Gasteiger partial charge in [-0.2, -0.15) is 0 Å². The lowest BCUT2D eigenvalue weighted by Gasteiger charge is -2.05. The van der Waals surface area contributed by atoms with Crippen LogP contribution in [0.3, 0.4) is 0 Å². The smallest absolute Gasteiger partial charge is 0.145 e. The van der Waals surface area contributed by atoms with Crippen molar-refractivity contribution in [2.45, 2.75) is 40.0 Å². The maximum Gasteiger partial charge on any atom is 0.145 e. The fourth-order valence-electron chi connectivity index (χ4n) is 1.39. The van der Waals surface area contributed by atoms with E-state index in [4.69, 9.17) is 0 Å². The van der Waals surface area contributed by atoms with Crippen LogP contribution in [0, 0.1) is 5.92 Å². The van der Waals surface area contributed by atoms with Crippen molar-refractivity contribution in [1.29, 1.82) is 0 Å². The summed E-state index contributed by atoms with van der Waals surface area (Å²) in [5.41, 5.74) is 0.835. The van der Waals surface area contributed by atoms with Gasteiger partial charge < -0.3 is 0 Å². The Morgan fingerprint density at radius 1 is 1.18 bits per heavy atom. The van der Waals surface area contributed by atoms with E-state index < -0.39 is 0 Å². The van der Waals surface area contributed by atoms with Crippen LogP contribution in [0.4, 0.5) is 0 Å². The Morgan fingerprint density at radius 3 is 2.53 bits per heavy atom. The summed E-state index contributed by atoms with van der Waals surface area (Å²) in [6.07, 6.45) is 18.5. The van der Waals surface area contributed by atoms with E-state index in [1.807, 2.05) is 44.2 Å². The van der Waals surface area contributed by atoms with Gasteiger partial charge in [0.2, 0.25) is 0 Å². The summed E-state index contributed by atoms with van der Waals surface area (Å²) in [5, 5.41) is 0. The van der Waals surface area contributed by atoms with Gasteiger partial charge in [-0.1, -0.05) is 49.5 Å². The first-order chi connectivity index (χ1) is 8.20. The number of hydrogen-bond acceptors (Lipinski definition) is 1. The van der Waals surface area contributed by atoms with E-state index in [2.05, 4.69) is 19.1 Å². The maximum atomic E-state index is 10.4. The number of aldehydes is 1. The van der Waals surface area contributed by atoms with E-state index in [-0.39, 0.29) is 0 Å². The van der Waals surface area contributed by atoms with Crippen LogP contribution in [0.25, 0.3) is 0 Å². The highest BCUT2D eigenvalue weighted by molar-refractivity contribution is 5.71. The van der Waals surface area contributed by atoms with Crippen molar-refractivity contribution in [2.75, 3.05) is 0 Å². The fraction of sp³-hybridized carbons (Fsp3) is 0.438. The standard InChI is InChI=1S/C16H24O/c1-4-5-6-7-8-9-11-15(2)12-10-13-16(3)14-17/h4-9,13-15H,10-12H2,1-3H3/b5-4+,7-6+,9-8+,16-13+/t15-/m1/s1. The molecular weight excluding hydrogens is 208 g/mol. The molecule has 0 radical (unpaired) electrons. The molecule has 1 atom stereocenters. The second-order valence-corrected chi connectivity index (χ2v) is 4.32. The lowest BCUT2D eigenvalue weighted by Crippen LogP contribution is -1.91. The van der Waals surface area contributed by atoms with E-state index in [0.717, 1.165) is 31.1 Å². The monoisotopic (exact) mass is 232 g/mol. The Bertz CT molecular complexity index is 305. The van der Waals surface area contributed by atoms with Crippen LogP contribution in [0.1, 0.15) is 40.0 Å². The van der Waals surface area contributed by atoms with Gasteiger partial charge in [0.05, 0.1) is 0 Å². The average molecular weight is 232 g/mol. The van der Waals surface area contributed by atoms with Gasteiger partial charge in [0.25, 0.3) is 0 Å². The first-order valence-corrected chi connectivity index (χ1v) is 6.27. The topological polar surface area (TPSA) is 17.1 Å². The van der Waals surface area contributed by atoms with E-state index in [9.17, 15) is 4.79 Å². The molecule has 1 heteroatoms. The number of carbonyl (C=O) groups excluding carboxylic acids is 1. The molecule has 0 aliphatic heterocycles. The van der Waals surface area contributed by atoms with Gasteiger partial charge in [-0.3, -0.25) is 4.79 Å². The summed E-state index contributed by atoms with van der Waals surface area (Å²) in [7, 11) is 0. The maximum absolute atomic E-state index is 10.4. The van der Waals surface area contributed by atoms with Gasteiger partial charge in [-0.25, -0.2) is 0 Å². The van der Waals surface area contributed by atoms with Crippen molar-refractivity contribution < 1.29 is 4.79 Å².